The molecule has 1 N–H and O–H groups in total. The molecule has 1 nitrogen and oxygen atoms in total. The topological polar surface area (TPSA) is 12.0 Å². The highest BCUT2D eigenvalue weighted by Gasteiger charge is 2.04. The van der Waals surface area contributed by atoms with Crippen LogP contribution in [0.4, 0.5) is 0 Å². The van der Waals surface area contributed by atoms with E-state index in [1.165, 1.54) is 21.6 Å². The normalized spacial score (nSPS) is 10.7. The van der Waals surface area contributed by atoms with Gasteiger partial charge in [0, 0.05) is 21.7 Å². The summed E-state index contributed by atoms with van der Waals surface area (Å²) in [5, 5.41) is 3.22. The van der Waals surface area contributed by atoms with Crippen LogP contribution in [0, 0.1) is 6.92 Å². The van der Waals surface area contributed by atoms with Crippen LogP contribution in [0.5, 0.6) is 0 Å². The van der Waals surface area contributed by atoms with Crippen molar-refractivity contribution in [1.29, 1.82) is 0 Å². The molecule has 0 aliphatic carbocycles. The van der Waals surface area contributed by atoms with E-state index in [-0.39, 0.29) is 0 Å². The highest BCUT2D eigenvalue weighted by atomic mass is 79.9. The predicted molar refractivity (Wildman–Crippen MR) is 87.6 cm³/mol. The van der Waals surface area contributed by atoms with E-state index < -0.39 is 0 Å². The minimum atomic E-state index is 0.906. The fraction of sp³-hybridized carbons (Fsp3) is 0.250. The van der Waals surface area contributed by atoms with Gasteiger partial charge in [-0.3, -0.25) is 0 Å². The number of hydrogen-bond acceptors (Lipinski definition) is 2. The van der Waals surface area contributed by atoms with Crippen LogP contribution in [0.1, 0.15) is 16.7 Å². The number of aryl methyl sites for hydroxylation is 1. The fourth-order valence-corrected chi connectivity index (χ4v) is 3.51. The summed E-state index contributed by atoms with van der Waals surface area (Å²) in [7, 11) is 1.98. The first-order valence-corrected chi connectivity index (χ1v) is 8.08. The Kier molecular flexibility index (Phi) is 5.49. The minimum Gasteiger partial charge on any atom is -0.316 e. The largest absolute Gasteiger partial charge is 0.316 e. The van der Waals surface area contributed by atoms with Gasteiger partial charge in [-0.25, -0.2) is 0 Å². The van der Waals surface area contributed by atoms with Gasteiger partial charge in [0.25, 0.3) is 0 Å². The Bertz CT molecular complexity index is 554. The van der Waals surface area contributed by atoms with Crippen molar-refractivity contribution in [2.75, 3.05) is 7.05 Å². The predicted octanol–water partition coefficient (Wildman–Crippen LogP) is 4.77. The Balaban J connectivity index is 2.12. The molecule has 0 spiro atoms. The molecule has 2 aromatic carbocycles. The smallest absolute Gasteiger partial charge is 0.0232 e. The second-order valence-corrected chi connectivity index (χ2v) is 6.49. The standard InChI is InChI=1S/C16H18BrNS/c1-12-4-3-5-13(8-12)11-19-16-9-15(17)7-6-14(16)10-18-2/h3-9,18H,10-11H2,1-2H3. The summed E-state index contributed by atoms with van der Waals surface area (Å²) in [6, 6.07) is 15.2. The van der Waals surface area contributed by atoms with Crippen LogP contribution in [0.15, 0.2) is 51.8 Å². The second kappa shape index (κ2) is 7.13. The number of rotatable bonds is 5. The molecule has 100 valence electrons. The van der Waals surface area contributed by atoms with Gasteiger partial charge in [0.15, 0.2) is 0 Å². The van der Waals surface area contributed by atoms with Crippen molar-refractivity contribution >= 4 is 27.7 Å². The molecule has 0 heterocycles. The van der Waals surface area contributed by atoms with Gasteiger partial charge in [-0.15, -0.1) is 11.8 Å². The Morgan fingerprint density at radius 3 is 2.74 bits per heavy atom. The summed E-state index contributed by atoms with van der Waals surface area (Å²) in [5.41, 5.74) is 4.05. The van der Waals surface area contributed by atoms with Gasteiger partial charge in [-0.1, -0.05) is 51.8 Å². The maximum absolute atomic E-state index is 3.55. The number of halogens is 1. The van der Waals surface area contributed by atoms with Crippen LogP contribution in [-0.4, -0.2) is 7.05 Å². The summed E-state index contributed by atoms with van der Waals surface area (Å²) in [4.78, 5) is 1.34. The van der Waals surface area contributed by atoms with Crippen LogP contribution < -0.4 is 5.32 Å². The molecule has 0 unspecified atom stereocenters. The molecule has 0 aliphatic rings. The Hall–Kier alpha value is -0.770. The molecule has 0 aromatic heterocycles. The molecular weight excluding hydrogens is 318 g/mol. The Morgan fingerprint density at radius 2 is 2.00 bits per heavy atom. The fourth-order valence-electron chi connectivity index (χ4n) is 1.96. The van der Waals surface area contributed by atoms with E-state index in [0.717, 1.165) is 16.8 Å². The van der Waals surface area contributed by atoms with E-state index in [4.69, 9.17) is 0 Å². The highest BCUT2D eigenvalue weighted by Crippen LogP contribution is 2.29. The number of hydrogen-bond donors (Lipinski definition) is 1. The molecule has 3 heteroatoms. The lowest BCUT2D eigenvalue weighted by Gasteiger charge is -2.10. The zero-order valence-electron chi connectivity index (χ0n) is 11.2. The highest BCUT2D eigenvalue weighted by molar-refractivity contribution is 9.10. The molecule has 2 rings (SSSR count). The van der Waals surface area contributed by atoms with Crippen LogP contribution in [0.2, 0.25) is 0 Å². The van der Waals surface area contributed by atoms with E-state index in [1.807, 2.05) is 18.8 Å². The van der Waals surface area contributed by atoms with Crippen LogP contribution in [0.25, 0.3) is 0 Å². The van der Waals surface area contributed by atoms with Gasteiger partial charge in [0.2, 0.25) is 0 Å². The lowest BCUT2D eigenvalue weighted by atomic mass is 10.2. The summed E-state index contributed by atoms with van der Waals surface area (Å²) in [6.45, 7) is 3.04. The maximum Gasteiger partial charge on any atom is 0.0232 e. The van der Waals surface area contributed by atoms with E-state index in [1.54, 1.807) is 0 Å². The third-order valence-electron chi connectivity index (χ3n) is 2.87. The zero-order valence-corrected chi connectivity index (χ0v) is 13.6. The third kappa shape index (κ3) is 4.37. The summed E-state index contributed by atoms with van der Waals surface area (Å²) < 4.78 is 1.14. The van der Waals surface area contributed by atoms with Crippen molar-refractivity contribution in [1.82, 2.24) is 5.32 Å². The van der Waals surface area contributed by atoms with Gasteiger partial charge >= 0.3 is 0 Å². The second-order valence-electron chi connectivity index (χ2n) is 4.56. The molecule has 19 heavy (non-hydrogen) atoms. The van der Waals surface area contributed by atoms with E-state index in [9.17, 15) is 0 Å². The van der Waals surface area contributed by atoms with Gasteiger partial charge in [0.1, 0.15) is 0 Å². The molecule has 0 fully saturated rings. The Labute approximate surface area is 127 Å². The number of benzene rings is 2. The monoisotopic (exact) mass is 335 g/mol. The average molecular weight is 336 g/mol. The average Bonchev–Trinajstić information content (AvgIpc) is 2.39. The molecule has 0 saturated heterocycles. The Morgan fingerprint density at radius 1 is 1.16 bits per heavy atom. The molecule has 0 radical (unpaired) electrons. The van der Waals surface area contributed by atoms with Crippen molar-refractivity contribution in [3.05, 3.63) is 63.6 Å². The van der Waals surface area contributed by atoms with Crippen LogP contribution in [-0.2, 0) is 12.3 Å². The summed E-state index contributed by atoms with van der Waals surface area (Å²) >= 11 is 5.44. The van der Waals surface area contributed by atoms with Gasteiger partial charge in [0.05, 0.1) is 0 Å². The molecule has 0 amide bonds. The third-order valence-corrected chi connectivity index (χ3v) is 4.54. The first-order valence-electron chi connectivity index (χ1n) is 6.30. The van der Waals surface area contributed by atoms with Gasteiger partial charge < -0.3 is 5.32 Å². The first-order chi connectivity index (χ1) is 9.19. The van der Waals surface area contributed by atoms with Gasteiger partial charge in [-0.05, 0) is 37.2 Å². The SMILES string of the molecule is CNCc1ccc(Br)cc1SCc1cccc(C)c1. The van der Waals surface area contributed by atoms with Gasteiger partial charge in [-0.2, -0.15) is 0 Å². The molecule has 2 aromatic rings. The lowest BCUT2D eigenvalue weighted by Crippen LogP contribution is -2.06. The van der Waals surface area contributed by atoms with Crippen molar-refractivity contribution in [3.63, 3.8) is 0 Å². The van der Waals surface area contributed by atoms with E-state index in [2.05, 4.69) is 70.6 Å². The quantitative estimate of drug-likeness (QED) is 0.790. The van der Waals surface area contributed by atoms with E-state index >= 15 is 0 Å². The molecule has 0 atom stereocenters. The number of nitrogens with one attached hydrogen (secondary N) is 1. The van der Waals surface area contributed by atoms with Crippen molar-refractivity contribution < 1.29 is 0 Å². The summed E-state index contributed by atoms with van der Waals surface area (Å²) in [5.74, 6) is 1.01. The maximum atomic E-state index is 3.55. The minimum absolute atomic E-state index is 0.906. The van der Waals surface area contributed by atoms with E-state index in [0.29, 0.717) is 0 Å². The molecular formula is C16H18BrNS. The van der Waals surface area contributed by atoms with Crippen molar-refractivity contribution in [2.24, 2.45) is 0 Å². The molecule has 0 aliphatic heterocycles. The number of thioether (sulfide) groups is 1. The zero-order chi connectivity index (χ0) is 13.7. The molecule has 0 saturated carbocycles. The van der Waals surface area contributed by atoms with Crippen molar-refractivity contribution in [2.45, 2.75) is 24.1 Å². The molecule has 0 bridgehead atoms. The summed E-state index contributed by atoms with van der Waals surface area (Å²) in [6.07, 6.45) is 0. The van der Waals surface area contributed by atoms with Crippen molar-refractivity contribution in [3.8, 4) is 0 Å². The van der Waals surface area contributed by atoms with Crippen LogP contribution in [0.3, 0.4) is 0 Å². The van der Waals surface area contributed by atoms with Crippen LogP contribution >= 0.6 is 27.7 Å². The lowest BCUT2D eigenvalue weighted by molar-refractivity contribution is 0.803. The first kappa shape index (κ1) is 14.6.